The molecule has 1 aliphatic heterocycles. The summed E-state index contributed by atoms with van der Waals surface area (Å²) in [6.07, 6.45) is 2.48. The zero-order valence-electron chi connectivity index (χ0n) is 11.5. The molecular formula is C13H29N3O. The third-order valence-electron chi connectivity index (χ3n) is 3.21. The topological polar surface area (TPSA) is 36.5 Å². The van der Waals surface area contributed by atoms with Crippen LogP contribution in [-0.4, -0.2) is 64.4 Å². The molecule has 0 aromatic rings. The van der Waals surface area contributed by atoms with Crippen LogP contribution in [0.4, 0.5) is 0 Å². The molecule has 1 saturated heterocycles. The number of ether oxygens (including phenoxy) is 1. The van der Waals surface area contributed by atoms with Gasteiger partial charge in [0.05, 0.1) is 6.61 Å². The van der Waals surface area contributed by atoms with Crippen molar-refractivity contribution < 1.29 is 4.74 Å². The van der Waals surface area contributed by atoms with Gasteiger partial charge < -0.3 is 20.3 Å². The van der Waals surface area contributed by atoms with Crippen LogP contribution in [0, 0.1) is 5.92 Å². The smallest absolute Gasteiger partial charge is 0.0589 e. The van der Waals surface area contributed by atoms with Crippen LogP contribution in [0.5, 0.6) is 0 Å². The molecule has 0 aromatic carbocycles. The van der Waals surface area contributed by atoms with Crippen molar-refractivity contribution in [2.24, 2.45) is 5.92 Å². The molecule has 1 fully saturated rings. The van der Waals surface area contributed by atoms with Crippen LogP contribution in [0.15, 0.2) is 0 Å². The molecule has 0 spiro atoms. The van der Waals surface area contributed by atoms with Crippen LogP contribution >= 0.6 is 0 Å². The summed E-state index contributed by atoms with van der Waals surface area (Å²) in [6.45, 7) is 11.1. The van der Waals surface area contributed by atoms with E-state index in [1.54, 1.807) is 7.11 Å². The van der Waals surface area contributed by atoms with Gasteiger partial charge in [-0.2, -0.15) is 0 Å². The minimum atomic E-state index is 0.722. The Morgan fingerprint density at radius 1 is 1.18 bits per heavy atom. The minimum absolute atomic E-state index is 0.722. The summed E-state index contributed by atoms with van der Waals surface area (Å²) in [5.74, 6) is 0.722. The summed E-state index contributed by atoms with van der Waals surface area (Å²) in [4.78, 5) is 2.53. The van der Waals surface area contributed by atoms with E-state index in [9.17, 15) is 0 Å². The van der Waals surface area contributed by atoms with Crippen LogP contribution in [-0.2, 0) is 4.74 Å². The third-order valence-corrected chi connectivity index (χ3v) is 3.21. The molecule has 0 aromatic heterocycles. The lowest BCUT2D eigenvalue weighted by atomic mass is 10.1. The van der Waals surface area contributed by atoms with E-state index in [1.807, 2.05) is 0 Å². The van der Waals surface area contributed by atoms with E-state index in [4.69, 9.17) is 4.74 Å². The summed E-state index contributed by atoms with van der Waals surface area (Å²) >= 11 is 0. The second-order valence-electron chi connectivity index (χ2n) is 5.06. The predicted octanol–water partition coefficient (Wildman–Crippen LogP) is 0.544. The molecule has 1 heterocycles. The highest BCUT2D eigenvalue weighted by Crippen LogP contribution is 2.01. The van der Waals surface area contributed by atoms with Crippen LogP contribution in [0.25, 0.3) is 0 Å². The lowest BCUT2D eigenvalue weighted by molar-refractivity contribution is 0.136. The molecule has 1 atom stereocenters. The number of methoxy groups -OCH3 is 1. The van der Waals surface area contributed by atoms with Gasteiger partial charge in [-0.25, -0.2) is 0 Å². The molecule has 0 bridgehead atoms. The molecule has 0 radical (unpaired) electrons. The Hall–Kier alpha value is -0.160. The number of nitrogens with one attached hydrogen (secondary N) is 2. The highest BCUT2D eigenvalue weighted by molar-refractivity contribution is 4.67. The normalized spacial score (nSPS) is 26.1. The highest BCUT2D eigenvalue weighted by atomic mass is 16.5. The van der Waals surface area contributed by atoms with E-state index in [-0.39, 0.29) is 0 Å². The lowest BCUT2D eigenvalue weighted by Gasteiger charge is -2.26. The first kappa shape index (κ1) is 14.9. The Kier molecular flexibility index (Phi) is 8.61. The van der Waals surface area contributed by atoms with Crippen molar-refractivity contribution in [3.63, 3.8) is 0 Å². The van der Waals surface area contributed by atoms with Crippen molar-refractivity contribution >= 4 is 0 Å². The third kappa shape index (κ3) is 7.71. The zero-order valence-corrected chi connectivity index (χ0v) is 11.5. The van der Waals surface area contributed by atoms with Crippen LogP contribution in [0.1, 0.15) is 19.8 Å². The Morgan fingerprint density at radius 2 is 1.94 bits per heavy atom. The molecule has 1 unspecified atom stereocenters. The van der Waals surface area contributed by atoms with E-state index in [0.717, 1.165) is 45.2 Å². The van der Waals surface area contributed by atoms with Gasteiger partial charge in [-0.3, -0.25) is 0 Å². The second-order valence-corrected chi connectivity index (χ2v) is 5.06. The maximum atomic E-state index is 5.18. The Bertz CT molecular complexity index is 178. The monoisotopic (exact) mass is 243 g/mol. The van der Waals surface area contributed by atoms with Crippen molar-refractivity contribution in [2.75, 3.05) is 59.5 Å². The van der Waals surface area contributed by atoms with E-state index in [2.05, 4.69) is 22.5 Å². The lowest BCUT2D eigenvalue weighted by Crippen LogP contribution is -2.38. The number of hydrogen-bond donors (Lipinski definition) is 2. The first-order chi connectivity index (χ1) is 8.33. The Balaban J connectivity index is 2.31. The van der Waals surface area contributed by atoms with E-state index >= 15 is 0 Å². The number of hydrogen-bond acceptors (Lipinski definition) is 4. The minimum Gasteiger partial charge on any atom is -0.383 e. The molecule has 1 aliphatic rings. The standard InChI is InChI=1S/C13H29N3O/c1-13-11-15-6-3-5-14-7-4-8-16(12-13)9-10-17-2/h13-15H,3-12H2,1-2H3. The predicted molar refractivity (Wildman–Crippen MR) is 72.5 cm³/mol. The fourth-order valence-corrected chi connectivity index (χ4v) is 2.26. The van der Waals surface area contributed by atoms with Crippen LogP contribution < -0.4 is 10.6 Å². The largest absolute Gasteiger partial charge is 0.383 e. The first-order valence-electron chi connectivity index (χ1n) is 6.95. The summed E-state index contributed by atoms with van der Waals surface area (Å²) in [5.41, 5.74) is 0. The fourth-order valence-electron chi connectivity index (χ4n) is 2.26. The van der Waals surface area contributed by atoms with Gasteiger partial charge in [0.15, 0.2) is 0 Å². The van der Waals surface area contributed by atoms with E-state index in [1.165, 1.54) is 25.9 Å². The molecule has 4 heteroatoms. The molecule has 17 heavy (non-hydrogen) atoms. The van der Waals surface area contributed by atoms with Crippen molar-refractivity contribution in [2.45, 2.75) is 19.8 Å². The van der Waals surface area contributed by atoms with E-state index < -0.39 is 0 Å². The molecule has 4 nitrogen and oxygen atoms in total. The Labute approximate surface area is 106 Å². The number of nitrogens with zero attached hydrogens (tertiary/aromatic N) is 1. The van der Waals surface area contributed by atoms with Gasteiger partial charge in [0.2, 0.25) is 0 Å². The van der Waals surface area contributed by atoms with Gasteiger partial charge in [-0.15, -0.1) is 0 Å². The maximum Gasteiger partial charge on any atom is 0.0589 e. The molecule has 0 amide bonds. The van der Waals surface area contributed by atoms with Crippen molar-refractivity contribution in [3.8, 4) is 0 Å². The SMILES string of the molecule is COCCN1CCCNCCCNCC(C)C1. The summed E-state index contributed by atoms with van der Waals surface area (Å²) < 4.78 is 5.18. The maximum absolute atomic E-state index is 5.18. The molecular weight excluding hydrogens is 214 g/mol. The average molecular weight is 243 g/mol. The second kappa shape index (κ2) is 9.83. The van der Waals surface area contributed by atoms with Crippen molar-refractivity contribution in [3.05, 3.63) is 0 Å². The highest BCUT2D eigenvalue weighted by Gasteiger charge is 2.10. The quantitative estimate of drug-likeness (QED) is 0.759. The van der Waals surface area contributed by atoms with E-state index in [0.29, 0.717) is 0 Å². The van der Waals surface area contributed by atoms with Gasteiger partial charge in [-0.1, -0.05) is 6.92 Å². The fraction of sp³-hybridized carbons (Fsp3) is 1.00. The van der Waals surface area contributed by atoms with Crippen LogP contribution in [0.3, 0.4) is 0 Å². The Morgan fingerprint density at radius 3 is 2.76 bits per heavy atom. The molecule has 0 aliphatic carbocycles. The molecule has 0 saturated carbocycles. The summed E-state index contributed by atoms with van der Waals surface area (Å²) in [5, 5.41) is 7.02. The van der Waals surface area contributed by atoms with Gasteiger partial charge in [0.1, 0.15) is 0 Å². The average Bonchev–Trinajstić information content (AvgIpc) is 2.31. The zero-order chi connectivity index (χ0) is 12.3. The van der Waals surface area contributed by atoms with Crippen molar-refractivity contribution in [1.82, 2.24) is 15.5 Å². The number of rotatable bonds is 3. The van der Waals surface area contributed by atoms with Gasteiger partial charge in [-0.05, 0) is 51.5 Å². The van der Waals surface area contributed by atoms with Gasteiger partial charge in [0.25, 0.3) is 0 Å². The first-order valence-corrected chi connectivity index (χ1v) is 6.95. The summed E-state index contributed by atoms with van der Waals surface area (Å²) in [6, 6.07) is 0. The van der Waals surface area contributed by atoms with Gasteiger partial charge in [0, 0.05) is 20.2 Å². The summed E-state index contributed by atoms with van der Waals surface area (Å²) in [7, 11) is 1.78. The van der Waals surface area contributed by atoms with Crippen molar-refractivity contribution in [1.29, 1.82) is 0 Å². The molecule has 1 rings (SSSR count). The van der Waals surface area contributed by atoms with Gasteiger partial charge >= 0.3 is 0 Å². The molecule has 102 valence electrons. The molecule has 2 N–H and O–H groups in total. The van der Waals surface area contributed by atoms with Crippen LogP contribution in [0.2, 0.25) is 0 Å².